The van der Waals surface area contributed by atoms with Crippen LogP contribution in [0.15, 0.2) is 32.7 Å². The molecule has 1 aliphatic heterocycles. The molecule has 20 heavy (non-hydrogen) atoms. The van der Waals surface area contributed by atoms with Gasteiger partial charge in [0.25, 0.3) is 0 Å². The van der Waals surface area contributed by atoms with Crippen molar-refractivity contribution in [3.63, 3.8) is 0 Å². The summed E-state index contributed by atoms with van der Waals surface area (Å²) in [7, 11) is 0. The maximum absolute atomic E-state index is 11.7. The minimum Gasteiger partial charge on any atom is -0.492 e. The van der Waals surface area contributed by atoms with E-state index >= 15 is 0 Å². The average molecular weight is 271 g/mol. The molecule has 6 nitrogen and oxygen atoms in total. The number of oxazole rings is 1. The maximum atomic E-state index is 11.7. The van der Waals surface area contributed by atoms with Gasteiger partial charge in [-0.2, -0.15) is 0 Å². The number of allylic oxidation sites excluding steroid dienone is 1. The molecule has 0 radical (unpaired) electrons. The molecule has 0 atom stereocenters. The van der Waals surface area contributed by atoms with Gasteiger partial charge in [-0.15, -0.1) is 0 Å². The van der Waals surface area contributed by atoms with Crippen molar-refractivity contribution >= 4 is 23.6 Å². The van der Waals surface area contributed by atoms with Crippen LogP contribution >= 0.6 is 0 Å². The minimum atomic E-state index is -0.578. The van der Waals surface area contributed by atoms with Crippen molar-refractivity contribution in [1.82, 2.24) is 9.55 Å². The van der Waals surface area contributed by atoms with Crippen LogP contribution in [0.2, 0.25) is 0 Å². The Kier molecular flexibility index (Phi) is 2.78. The van der Waals surface area contributed by atoms with Gasteiger partial charge in [0.15, 0.2) is 5.76 Å². The molecular formula is C14H13N3O3. The molecule has 3 rings (SSSR count). The summed E-state index contributed by atoms with van der Waals surface area (Å²) in [5, 5.41) is 10.1. The Bertz CT molecular complexity index is 781. The van der Waals surface area contributed by atoms with Crippen LogP contribution in [0.3, 0.4) is 0 Å². The molecule has 0 fully saturated rings. The zero-order valence-corrected chi connectivity index (χ0v) is 11.1. The first-order chi connectivity index (χ1) is 9.58. The van der Waals surface area contributed by atoms with Gasteiger partial charge in [-0.05, 0) is 26.0 Å². The van der Waals surface area contributed by atoms with Crippen LogP contribution in [0.5, 0.6) is 5.88 Å². The Labute approximate surface area is 114 Å². The third kappa shape index (κ3) is 1.85. The van der Waals surface area contributed by atoms with Gasteiger partial charge in [0.05, 0.1) is 5.69 Å². The van der Waals surface area contributed by atoms with E-state index in [9.17, 15) is 9.90 Å². The number of hydrogen-bond donors (Lipinski definition) is 1. The fraction of sp³-hybridized carbons (Fsp3) is 0.214. The van der Waals surface area contributed by atoms with Crippen molar-refractivity contribution in [2.45, 2.75) is 19.9 Å². The number of rotatable bonds is 2. The number of nitrogens with zero attached hydrogens (tertiary/aromatic N) is 3. The number of aromatic hydroxyl groups is 1. The highest BCUT2D eigenvalue weighted by Gasteiger charge is 2.19. The molecule has 0 saturated carbocycles. The van der Waals surface area contributed by atoms with Crippen LogP contribution in [0, 0.1) is 0 Å². The topological polar surface area (TPSA) is 80.6 Å². The predicted molar refractivity (Wildman–Crippen MR) is 75.3 cm³/mol. The molecule has 0 aliphatic carbocycles. The molecule has 0 bridgehead atoms. The summed E-state index contributed by atoms with van der Waals surface area (Å²) < 4.78 is 6.28. The molecule has 2 aromatic heterocycles. The summed E-state index contributed by atoms with van der Waals surface area (Å²) in [5.41, 5.74) is 2.39. The monoisotopic (exact) mass is 271 g/mol. The fourth-order valence-electron chi connectivity index (χ4n) is 2.13. The second-order valence-corrected chi connectivity index (χ2v) is 4.77. The van der Waals surface area contributed by atoms with E-state index in [1.54, 1.807) is 44.6 Å². The third-order valence-corrected chi connectivity index (χ3v) is 3.10. The van der Waals surface area contributed by atoms with E-state index in [-0.39, 0.29) is 17.7 Å². The molecular weight excluding hydrogens is 258 g/mol. The molecule has 6 heteroatoms. The summed E-state index contributed by atoms with van der Waals surface area (Å²) in [4.78, 5) is 20.0. The van der Waals surface area contributed by atoms with Crippen LogP contribution in [0.25, 0.3) is 11.6 Å². The highest BCUT2D eigenvalue weighted by Crippen LogP contribution is 2.33. The highest BCUT2D eigenvalue weighted by atomic mass is 16.4. The largest absolute Gasteiger partial charge is 0.492 e. The van der Waals surface area contributed by atoms with Crippen LogP contribution in [-0.4, -0.2) is 20.9 Å². The normalized spacial score (nSPS) is 15.2. The van der Waals surface area contributed by atoms with Crippen molar-refractivity contribution in [3.05, 3.63) is 40.3 Å². The number of aliphatic imine (C=N–C) groups is 1. The van der Waals surface area contributed by atoms with Gasteiger partial charge in [-0.1, -0.05) is 0 Å². The highest BCUT2D eigenvalue weighted by molar-refractivity contribution is 6.21. The summed E-state index contributed by atoms with van der Waals surface area (Å²) in [6.45, 7) is 3.59. The Morgan fingerprint density at radius 3 is 2.95 bits per heavy atom. The van der Waals surface area contributed by atoms with Gasteiger partial charge in [0.1, 0.15) is 0 Å². The number of aromatic nitrogens is 2. The van der Waals surface area contributed by atoms with Crippen LogP contribution in [0.4, 0.5) is 5.69 Å². The number of pyridine rings is 1. The van der Waals surface area contributed by atoms with Crippen LogP contribution in [0.1, 0.15) is 31.2 Å². The average Bonchev–Trinajstić information content (AvgIpc) is 2.93. The van der Waals surface area contributed by atoms with Gasteiger partial charge in [0, 0.05) is 35.8 Å². The molecule has 1 N–H and O–H groups in total. The maximum Gasteiger partial charge on any atom is 0.422 e. The first kappa shape index (κ1) is 12.4. The van der Waals surface area contributed by atoms with E-state index in [0.29, 0.717) is 0 Å². The molecule has 0 amide bonds. The summed E-state index contributed by atoms with van der Waals surface area (Å²) in [6, 6.07) is 1.62. The molecule has 0 aromatic carbocycles. The van der Waals surface area contributed by atoms with Crippen LogP contribution in [-0.2, 0) is 0 Å². The van der Waals surface area contributed by atoms with Crippen molar-refractivity contribution in [2.24, 2.45) is 4.99 Å². The lowest BCUT2D eigenvalue weighted by Crippen LogP contribution is -2.15. The first-order valence-corrected chi connectivity index (χ1v) is 6.22. The quantitative estimate of drug-likeness (QED) is 0.909. The van der Waals surface area contributed by atoms with Crippen molar-refractivity contribution in [3.8, 4) is 5.88 Å². The molecule has 0 unspecified atom stereocenters. The van der Waals surface area contributed by atoms with Gasteiger partial charge in [-0.25, -0.2) is 9.36 Å². The summed E-state index contributed by atoms with van der Waals surface area (Å²) in [6.07, 6.45) is 6.58. The number of fused-ring (bicyclic) bond motifs is 1. The molecule has 0 saturated heterocycles. The van der Waals surface area contributed by atoms with Gasteiger partial charge >= 0.3 is 5.76 Å². The smallest absolute Gasteiger partial charge is 0.422 e. The van der Waals surface area contributed by atoms with E-state index < -0.39 is 5.76 Å². The second-order valence-electron chi connectivity index (χ2n) is 4.77. The van der Waals surface area contributed by atoms with Crippen molar-refractivity contribution in [2.75, 3.05) is 0 Å². The standard InChI is InChI=1S/C14H13N3O3/c1-8(2)17-13(18)12(20-14(17)19)5-9-6-16-11-3-4-15-7-10(9)11/h3-8,18H,1-2H3/b9-5+. The lowest BCUT2D eigenvalue weighted by atomic mass is 10.1. The van der Waals surface area contributed by atoms with E-state index in [1.807, 2.05) is 0 Å². The van der Waals surface area contributed by atoms with Crippen molar-refractivity contribution in [1.29, 1.82) is 0 Å². The SMILES string of the molecule is CC(C)n1c(O)c(/C=C2\C=Nc3ccncc32)oc1=O. The molecule has 1 aliphatic rings. The minimum absolute atomic E-state index is 0.127. The number of hydrogen-bond acceptors (Lipinski definition) is 5. The second kappa shape index (κ2) is 4.48. The Morgan fingerprint density at radius 1 is 1.45 bits per heavy atom. The van der Waals surface area contributed by atoms with E-state index in [1.165, 1.54) is 4.57 Å². The summed E-state index contributed by atoms with van der Waals surface area (Å²) in [5.74, 6) is -0.629. The lowest BCUT2D eigenvalue weighted by Gasteiger charge is -2.04. The van der Waals surface area contributed by atoms with Crippen molar-refractivity contribution < 1.29 is 9.52 Å². The van der Waals surface area contributed by atoms with Gasteiger partial charge < -0.3 is 9.52 Å². The van der Waals surface area contributed by atoms with E-state index in [0.717, 1.165) is 16.8 Å². The molecule has 102 valence electrons. The summed E-state index contributed by atoms with van der Waals surface area (Å²) >= 11 is 0. The Hall–Kier alpha value is -2.63. The first-order valence-electron chi connectivity index (χ1n) is 6.22. The molecule has 0 spiro atoms. The fourth-order valence-corrected chi connectivity index (χ4v) is 2.13. The Morgan fingerprint density at radius 2 is 2.25 bits per heavy atom. The van der Waals surface area contributed by atoms with Gasteiger partial charge in [0.2, 0.25) is 5.88 Å². The molecule has 2 aromatic rings. The third-order valence-electron chi connectivity index (χ3n) is 3.10. The van der Waals surface area contributed by atoms with Crippen LogP contribution < -0.4 is 5.76 Å². The lowest BCUT2D eigenvalue weighted by molar-refractivity contribution is 0.392. The van der Waals surface area contributed by atoms with E-state index in [2.05, 4.69) is 9.98 Å². The predicted octanol–water partition coefficient (Wildman–Crippen LogP) is 2.38. The zero-order valence-electron chi connectivity index (χ0n) is 11.1. The van der Waals surface area contributed by atoms with E-state index in [4.69, 9.17) is 4.42 Å². The van der Waals surface area contributed by atoms with Gasteiger partial charge in [-0.3, -0.25) is 9.98 Å². The molecule has 3 heterocycles. The zero-order chi connectivity index (χ0) is 14.3. The Balaban J connectivity index is 2.10.